The molecule has 1 aliphatic rings. The summed E-state index contributed by atoms with van der Waals surface area (Å²) in [6, 6.07) is 5.14. The van der Waals surface area contributed by atoms with E-state index in [1.807, 2.05) is 12.3 Å². The number of aromatic amines is 1. The number of amides is 1. The molecule has 8 heteroatoms. The van der Waals surface area contributed by atoms with E-state index in [1.165, 1.54) is 12.4 Å². The summed E-state index contributed by atoms with van der Waals surface area (Å²) in [5, 5.41) is 0.933. The van der Waals surface area contributed by atoms with Crippen molar-refractivity contribution in [3.8, 4) is 0 Å². The second-order valence-electron chi connectivity index (χ2n) is 5.85. The van der Waals surface area contributed by atoms with Crippen molar-refractivity contribution in [2.45, 2.75) is 0 Å². The summed E-state index contributed by atoms with van der Waals surface area (Å²) in [5.41, 5.74) is 0.924. The van der Waals surface area contributed by atoms with Crippen LogP contribution in [0.2, 0.25) is 0 Å². The largest absolute Gasteiger partial charge is 0.352 e. The molecule has 3 heterocycles. The summed E-state index contributed by atoms with van der Waals surface area (Å²) in [6.07, 6.45) is 3.32. The van der Waals surface area contributed by atoms with Crippen molar-refractivity contribution >= 4 is 22.8 Å². The molecule has 0 atom stereocenters. The number of piperazine rings is 1. The van der Waals surface area contributed by atoms with Crippen LogP contribution in [0.5, 0.6) is 0 Å². The molecule has 0 aliphatic carbocycles. The van der Waals surface area contributed by atoms with Crippen LogP contribution in [0, 0.1) is 11.6 Å². The monoisotopic (exact) mass is 343 g/mol. The minimum Gasteiger partial charge on any atom is -0.352 e. The van der Waals surface area contributed by atoms with Crippen molar-refractivity contribution in [2.75, 3.05) is 31.1 Å². The first-order valence-corrected chi connectivity index (χ1v) is 7.91. The standard InChI is InChI=1S/C17H15F2N5O/c18-13-2-1-11(9-14(13)19)17(25)24-7-5-23(6-8-24)16-12-3-4-20-15(12)21-10-22-16/h1-4,9-10H,5-8H2,(H,20,21,22). The fourth-order valence-corrected chi connectivity index (χ4v) is 3.04. The van der Waals surface area contributed by atoms with Crippen LogP contribution < -0.4 is 4.90 Å². The number of nitrogens with one attached hydrogen (secondary N) is 1. The van der Waals surface area contributed by atoms with Crippen LogP contribution in [0.15, 0.2) is 36.8 Å². The number of hydrogen-bond donors (Lipinski definition) is 1. The van der Waals surface area contributed by atoms with E-state index in [4.69, 9.17) is 0 Å². The molecular formula is C17H15F2N5O. The first-order valence-electron chi connectivity index (χ1n) is 7.91. The maximum absolute atomic E-state index is 13.3. The maximum atomic E-state index is 13.3. The number of nitrogens with zero attached hydrogens (tertiary/aromatic N) is 4. The van der Waals surface area contributed by atoms with Crippen LogP contribution in [0.3, 0.4) is 0 Å². The average Bonchev–Trinajstić information content (AvgIpc) is 3.12. The quantitative estimate of drug-likeness (QED) is 0.775. The Hall–Kier alpha value is -3.03. The number of rotatable bonds is 2. The van der Waals surface area contributed by atoms with Gasteiger partial charge >= 0.3 is 0 Å². The molecule has 2 aromatic heterocycles. The van der Waals surface area contributed by atoms with Crippen molar-refractivity contribution in [3.05, 3.63) is 54.0 Å². The predicted molar refractivity (Wildman–Crippen MR) is 88.4 cm³/mol. The van der Waals surface area contributed by atoms with E-state index < -0.39 is 11.6 Å². The zero-order valence-corrected chi connectivity index (χ0v) is 13.2. The van der Waals surface area contributed by atoms with Crippen molar-refractivity contribution in [3.63, 3.8) is 0 Å². The van der Waals surface area contributed by atoms with Gasteiger partial charge in [0.2, 0.25) is 0 Å². The molecule has 1 saturated heterocycles. The lowest BCUT2D eigenvalue weighted by atomic mass is 10.1. The summed E-state index contributed by atoms with van der Waals surface area (Å²) in [7, 11) is 0. The number of aromatic nitrogens is 3. The van der Waals surface area contributed by atoms with Gasteiger partial charge in [-0.25, -0.2) is 18.7 Å². The number of carbonyl (C=O) groups excluding carboxylic acids is 1. The molecule has 0 bridgehead atoms. The molecule has 0 spiro atoms. The van der Waals surface area contributed by atoms with Crippen LogP contribution in [-0.2, 0) is 0 Å². The second-order valence-corrected chi connectivity index (χ2v) is 5.85. The molecule has 1 aromatic carbocycles. The summed E-state index contributed by atoms with van der Waals surface area (Å²) < 4.78 is 26.4. The van der Waals surface area contributed by atoms with Gasteiger partial charge in [-0.15, -0.1) is 0 Å². The number of halogens is 2. The summed E-state index contributed by atoms with van der Waals surface area (Å²) in [4.78, 5) is 27.8. The molecule has 128 valence electrons. The second kappa shape index (κ2) is 6.12. The zero-order chi connectivity index (χ0) is 17.4. The smallest absolute Gasteiger partial charge is 0.254 e. The fraction of sp³-hybridized carbons (Fsp3) is 0.235. The third-order valence-corrected chi connectivity index (χ3v) is 4.37. The van der Waals surface area contributed by atoms with Crippen LogP contribution in [-0.4, -0.2) is 51.9 Å². The summed E-state index contributed by atoms with van der Waals surface area (Å²) in [5.74, 6) is -1.44. The number of H-pyrrole nitrogens is 1. The van der Waals surface area contributed by atoms with Crippen molar-refractivity contribution < 1.29 is 13.6 Å². The lowest BCUT2D eigenvalue weighted by molar-refractivity contribution is 0.0746. The average molecular weight is 343 g/mol. The highest BCUT2D eigenvalue weighted by Gasteiger charge is 2.24. The number of benzene rings is 1. The Labute approximate surface area is 142 Å². The first-order chi connectivity index (χ1) is 12.1. The van der Waals surface area contributed by atoms with Crippen molar-refractivity contribution in [1.82, 2.24) is 19.9 Å². The first kappa shape index (κ1) is 15.5. The number of anilines is 1. The topological polar surface area (TPSA) is 65.1 Å². The lowest BCUT2D eigenvalue weighted by Gasteiger charge is -2.35. The van der Waals surface area contributed by atoms with Crippen LogP contribution in [0.25, 0.3) is 11.0 Å². The molecule has 0 unspecified atom stereocenters. The van der Waals surface area contributed by atoms with E-state index in [-0.39, 0.29) is 11.5 Å². The van der Waals surface area contributed by atoms with E-state index >= 15 is 0 Å². The lowest BCUT2D eigenvalue weighted by Crippen LogP contribution is -2.49. The summed E-state index contributed by atoms with van der Waals surface area (Å²) in [6.45, 7) is 2.17. The van der Waals surface area contributed by atoms with Crippen molar-refractivity contribution in [2.24, 2.45) is 0 Å². The Morgan fingerprint density at radius 3 is 2.60 bits per heavy atom. The fourth-order valence-electron chi connectivity index (χ4n) is 3.04. The normalized spacial score (nSPS) is 15.0. The minimum atomic E-state index is -1.01. The van der Waals surface area contributed by atoms with Gasteiger partial charge in [0.15, 0.2) is 11.6 Å². The summed E-state index contributed by atoms with van der Waals surface area (Å²) >= 11 is 0. The van der Waals surface area contributed by atoms with Gasteiger partial charge in [0.1, 0.15) is 17.8 Å². The van der Waals surface area contributed by atoms with Gasteiger partial charge in [-0.1, -0.05) is 0 Å². The van der Waals surface area contributed by atoms with Gasteiger partial charge in [-0.3, -0.25) is 4.79 Å². The third-order valence-electron chi connectivity index (χ3n) is 4.37. The molecule has 3 aromatic rings. The van der Waals surface area contributed by atoms with Crippen molar-refractivity contribution in [1.29, 1.82) is 0 Å². The zero-order valence-electron chi connectivity index (χ0n) is 13.2. The van der Waals surface area contributed by atoms with Crippen LogP contribution in [0.1, 0.15) is 10.4 Å². The molecule has 1 fully saturated rings. The van der Waals surface area contributed by atoms with E-state index in [0.29, 0.717) is 26.2 Å². The number of hydrogen-bond acceptors (Lipinski definition) is 4. The van der Waals surface area contributed by atoms with E-state index in [2.05, 4.69) is 19.9 Å². The van der Waals surface area contributed by atoms with E-state index in [1.54, 1.807) is 4.90 Å². The Kier molecular flexibility index (Phi) is 3.79. The molecule has 0 radical (unpaired) electrons. The SMILES string of the molecule is O=C(c1ccc(F)c(F)c1)N1CCN(c2ncnc3[nH]ccc23)CC1. The van der Waals surface area contributed by atoms with Gasteiger partial charge in [0, 0.05) is 37.9 Å². The molecule has 25 heavy (non-hydrogen) atoms. The number of carbonyl (C=O) groups is 1. The molecule has 1 aliphatic heterocycles. The van der Waals surface area contributed by atoms with Crippen LogP contribution in [0.4, 0.5) is 14.6 Å². The van der Waals surface area contributed by atoms with Gasteiger partial charge < -0.3 is 14.8 Å². The molecule has 1 amide bonds. The third kappa shape index (κ3) is 2.79. The van der Waals surface area contributed by atoms with E-state index in [0.717, 1.165) is 29.0 Å². The molecule has 4 rings (SSSR count). The van der Waals surface area contributed by atoms with Gasteiger partial charge in [-0.05, 0) is 24.3 Å². The maximum Gasteiger partial charge on any atom is 0.254 e. The highest BCUT2D eigenvalue weighted by molar-refractivity contribution is 5.94. The number of fused-ring (bicyclic) bond motifs is 1. The Bertz CT molecular complexity index is 934. The van der Waals surface area contributed by atoms with Crippen LogP contribution >= 0.6 is 0 Å². The molecule has 6 nitrogen and oxygen atoms in total. The predicted octanol–water partition coefficient (Wildman–Crippen LogP) is 2.20. The Morgan fingerprint density at radius 2 is 1.84 bits per heavy atom. The highest BCUT2D eigenvalue weighted by atomic mass is 19.2. The molecular weight excluding hydrogens is 328 g/mol. The highest BCUT2D eigenvalue weighted by Crippen LogP contribution is 2.23. The van der Waals surface area contributed by atoms with Gasteiger partial charge in [0.05, 0.1) is 5.39 Å². The molecule has 1 N–H and O–H groups in total. The van der Waals surface area contributed by atoms with Gasteiger partial charge in [0.25, 0.3) is 5.91 Å². The Balaban J connectivity index is 1.48. The van der Waals surface area contributed by atoms with E-state index in [9.17, 15) is 13.6 Å². The minimum absolute atomic E-state index is 0.155. The Morgan fingerprint density at radius 1 is 1.04 bits per heavy atom. The van der Waals surface area contributed by atoms with Gasteiger partial charge in [-0.2, -0.15) is 0 Å². The molecule has 0 saturated carbocycles.